The average Bonchev–Trinajstić information content (AvgIpc) is 3.13. The van der Waals surface area contributed by atoms with Crippen molar-refractivity contribution in [2.24, 2.45) is 11.8 Å². The first-order valence-electron chi connectivity index (χ1n) is 7.37. The summed E-state index contributed by atoms with van der Waals surface area (Å²) >= 11 is 0. The molecule has 1 aliphatic rings. The molecule has 1 aromatic carbocycles. The Bertz CT molecular complexity index is 549. The number of nitrogens with zero attached hydrogens (tertiary/aromatic N) is 2. The lowest BCUT2D eigenvalue weighted by atomic mass is 10.0. The van der Waals surface area contributed by atoms with Crippen LogP contribution in [-0.2, 0) is 6.54 Å². The van der Waals surface area contributed by atoms with E-state index in [1.54, 1.807) is 0 Å². The normalized spacial score (nSPS) is 22.7. The Morgan fingerprint density at radius 1 is 1.40 bits per heavy atom. The number of nitrogens with one attached hydrogen (secondary N) is 1. The van der Waals surface area contributed by atoms with Gasteiger partial charge in [0.1, 0.15) is 0 Å². The van der Waals surface area contributed by atoms with E-state index in [2.05, 4.69) is 54.0 Å². The minimum atomic E-state index is 0.200. The maximum atomic E-state index is 5.78. The van der Waals surface area contributed by atoms with Gasteiger partial charge < -0.3 is 0 Å². The van der Waals surface area contributed by atoms with Gasteiger partial charge in [-0.3, -0.25) is 16.0 Å². The van der Waals surface area contributed by atoms with Gasteiger partial charge in [0.2, 0.25) is 0 Å². The van der Waals surface area contributed by atoms with Gasteiger partial charge >= 0.3 is 0 Å². The molecule has 0 saturated heterocycles. The predicted octanol–water partition coefficient (Wildman–Crippen LogP) is 2.60. The summed E-state index contributed by atoms with van der Waals surface area (Å²) in [5, 5.41) is 4.40. The molecule has 3 atom stereocenters. The molecule has 3 unspecified atom stereocenters. The molecule has 0 bridgehead atoms. The van der Waals surface area contributed by atoms with Crippen LogP contribution >= 0.6 is 0 Å². The second kappa shape index (κ2) is 5.77. The molecule has 1 aliphatic carbocycles. The quantitative estimate of drug-likeness (QED) is 0.626. The Hall–Kier alpha value is -1.65. The molecule has 20 heavy (non-hydrogen) atoms. The zero-order chi connectivity index (χ0) is 13.9. The maximum Gasteiger partial charge on any atom is 0.0538 e. The fourth-order valence-electron chi connectivity index (χ4n) is 3.03. The summed E-state index contributed by atoms with van der Waals surface area (Å²) in [5.41, 5.74) is 5.60. The number of benzene rings is 1. The minimum Gasteiger partial charge on any atom is -0.272 e. The summed E-state index contributed by atoms with van der Waals surface area (Å²) in [5.74, 6) is 6.97. The van der Waals surface area contributed by atoms with Gasteiger partial charge in [-0.1, -0.05) is 37.3 Å². The van der Waals surface area contributed by atoms with Crippen LogP contribution in [0.15, 0.2) is 42.7 Å². The van der Waals surface area contributed by atoms with E-state index in [0.717, 1.165) is 13.0 Å². The largest absolute Gasteiger partial charge is 0.272 e. The van der Waals surface area contributed by atoms with Gasteiger partial charge in [-0.05, 0) is 30.2 Å². The lowest BCUT2D eigenvalue weighted by molar-refractivity contribution is 0.486. The standard InChI is InChI=1S/C16H22N4/c1-2-8-20-11-13(10-18-20)16(19-17)15-9-14(15)12-6-4-3-5-7-12/h3-7,10-11,14-16,19H,2,8-9,17H2,1H3. The Balaban J connectivity index is 1.72. The van der Waals surface area contributed by atoms with Crippen LogP contribution < -0.4 is 11.3 Å². The van der Waals surface area contributed by atoms with Crippen LogP contribution in [0.1, 0.15) is 42.9 Å². The van der Waals surface area contributed by atoms with E-state index in [4.69, 9.17) is 5.84 Å². The minimum absolute atomic E-state index is 0.200. The van der Waals surface area contributed by atoms with Crippen LogP contribution in [-0.4, -0.2) is 9.78 Å². The van der Waals surface area contributed by atoms with E-state index in [9.17, 15) is 0 Å². The molecule has 0 aliphatic heterocycles. The van der Waals surface area contributed by atoms with E-state index in [1.165, 1.54) is 17.5 Å². The lowest BCUT2D eigenvalue weighted by Gasteiger charge is -2.14. The van der Waals surface area contributed by atoms with Crippen molar-refractivity contribution in [3.05, 3.63) is 53.9 Å². The first kappa shape index (κ1) is 13.3. The fraction of sp³-hybridized carbons (Fsp3) is 0.438. The zero-order valence-electron chi connectivity index (χ0n) is 11.9. The van der Waals surface area contributed by atoms with Crippen molar-refractivity contribution in [2.75, 3.05) is 0 Å². The Morgan fingerprint density at radius 3 is 2.90 bits per heavy atom. The van der Waals surface area contributed by atoms with Crippen LogP contribution in [0.2, 0.25) is 0 Å². The molecular formula is C16H22N4. The molecular weight excluding hydrogens is 248 g/mol. The molecule has 3 N–H and O–H groups in total. The summed E-state index contributed by atoms with van der Waals surface area (Å²) in [4.78, 5) is 0. The number of hydrazine groups is 1. The van der Waals surface area contributed by atoms with Gasteiger partial charge in [-0.15, -0.1) is 0 Å². The first-order chi connectivity index (χ1) is 9.83. The average molecular weight is 270 g/mol. The summed E-state index contributed by atoms with van der Waals surface area (Å²) < 4.78 is 2.00. The van der Waals surface area contributed by atoms with Gasteiger partial charge in [0, 0.05) is 18.3 Å². The van der Waals surface area contributed by atoms with Crippen molar-refractivity contribution < 1.29 is 0 Å². The highest BCUT2D eigenvalue weighted by molar-refractivity contribution is 5.29. The molecule has 0 spiro atoms. The van der Waals surface area contributed by atoms with Crippen molar-refractivity contribution in [3.63, 3.8) is 0 Å². The van der Waals surface area contributed by atoms with E-state index in [1.807, 2.05) is 10.9 Å². The molecule has 106 valence electrons. The van der Waals surface area contributed by atoms with Crippen LogP contribution in [0.5, 0.6) is 0 Å². The van der Waals surface area contributed by atoms with Crippen molar-refractivity contribution in [2.45, 2.75) is 38.3 Å². The second-order valence-corrected chi connectivity index (χ2v) is 5.60. The third-order valence-corrected chi connectivity index (χ3v) is 4.14. The number of nitrogens with two attached hydrogens (primary N) is 1. The zero-order valence-corrected chi connectivity index (χ0v) is 11.9. The number of rotatable bonds is 6. The highest BCUT2D eigenvalue weighted by atomic mass is 15.3. The summed E-state index contributed by atoms with van der Waals surface area (Å²) in [6, 6.07) is 10.9. The van der Waals surface area contributed by atoms with Gasteiger partial charge in [-0.25, -0.2) is 0 Å². The van der Waals surface area contributed by atoms with E-state index in [0.29, 0.717) is 11.8 Å². The molecule has 4 heteroatoms. The highest BCUT2D eigenvalue weighted by Crippen LogP contribution is 2.53. The molecule has 1 heterocycles. The van der Waals surface area contributed by atoms with Crippen LogP contribution in [0.25, 0.3) is 0 Å². The van der Waals surface area contributed by atoms with Crippen LogP contribution in [0, 0.1) is 5.92 Å². The van der Waals surface area contributed by atoms with Crippen molar-refractivity contribution >= 4 is 0 Å². The second-order valence-electron chi connectivity index (χ2n) is 5.60. The lowest BCUT2D eigenvalue weighted by Crippen LogP contribution is -2.29. The van der Waals surface area contributed by atoms with Crippen LogP contribution in [0.3, 0.4) is 0 Å². The summed E-state index contributed by atoms with van der Waals surface area (Å²) in [7, 11) is 0. The Labute approximate surface area is 120 Å². The van der Waals surface area contributed by atoms with E-state index < -0.39 is 0 Å². The SMILES string of the molecule is CCCn1cc(C(NN)C2CC2c2ccccc2)cn1. The summed E-state index contributed by atoms with van der Waals surface area (Å²) in [6.07, 6.45) is 6.35. The third kappa shape index (κ3) is 2.62. The number of hydrogen-bond acceptors (Lipinski definition) is 3. The Morgan fingerprint density at radius 2 is 2.20 bits per heavy atom. The molecule has 1 aromatic heterocycles. The number of aryl methyl sites for hydroxylation is 1. The first-order valence-corrected chi connectivity index (χ1v) is 7.37. The smallest absolute Gasteiger partial charge is 0.0538 e. The molecule has 4 nitrogen and oxygen atoms in total. The van der Waals surface area contributed by atoms with E-state index in [-0.39, 0.29) is 6.04 Å². The molecule has 1 fully saturated rings. The van der Waals surface area contributed by atoms with Gasteiger partial charge in [-0.2, -0.15) is 5.10 Å². The monoisotopic (exact) mass is 270 g/mol. The molecule has 2 aromatic rings. The molecule has 0 amide bonds. The fourth-order valence-corrected chi connectivity index (χ4v) is 3.03. The van der Waals surface area contributed by atoms with Gasteiger partial charge in [0.25, 0.3) is 0 Å². The highest BCUT2D eigenvalue weighted by Gasteiger charge is 2.44. The number of hydrogen-bond donors (Lipinski definition) is 2. The van der Waals surface area contributed by atoms with E-state index >= 15 is 0 Å². The van der Waals surface area contributed by atoms with Crippen molar-refractivity contribution in [1.29, 1.82) is 0 Å². The maximum absolute atomic E-state index is 5.78. The Kier molecular flexibility index (Phi) is 3.85. The summed E-state index contributed by atoms with van der Waals surface area (Å²) in [6.45, 7) is 3.12. The molecule has 1 saturated carbocycles. The van der Waals surface area contributed by atoms with Crippen LogP contribution in [0.4, 0.5) is 0 Å². The molecule has 0 radical (unpaired) electrons. The molecule has 3 rings (SSSR count). The van der Waals surface area contributed by atoms with Crippen molar-refractivity contribution in [3.8, 4) is 0 Å². The van der Waals surface area contributed by atoms with Gasteiger partial charge in [0.15, 0.2) is 0 Å². The topological polar surface area (TPSA) is 55.9 Å². The van der Waals surface area contributed by atoms with Gasteiger partial charge in [0.05, 0.1) is 12.2 Å². The number of aromatic nitrogens is 2. The third-order valence-electron chi connectivity index (χ3n) is 4.14. The predicted molar refractivity (Wildman–Crippen MR) is 79.9 cm³/mol. The van der Waals surface area contributed by atoms with Crippen molar-refractivity contribution in [1.82, 2.24) is 15.2 Å².